The van der Waals surface area contributed by atoms with Gasteiger partial charge in [-0.3, -0.25) is 0 Å². The fourth-order valence-corrected chi connectivity index (χ4v) is 2.13. The fourth-order valence-electron chi connectivity index (χ4n) is 2.13. The SMILES string of the molecule is CC1CCCc2c(CCN)ncn21. The summed E-state index contributed by atoms with van der Waals surface area (Å²) >= 11 is 0. The molecule has 2 rings (SSSR count). The van der Waals surface area contributed by atoms with Crippen molar-refractivity contribution in [2.75, 3.05) is 6.54 Å². The summed E-state index contributed by atoms with van der Waals surface area (Å²) < 4.78 is 2.31. The molecule has 0 aliphatic carbocycles. The van der Waals surface area contributed by atoms with Gasteiger partial charge in [-0.1, -0.05) is 0 Å². The lowest BCUT2D eigenvalue weighted by Gasteiger charge is -2.22. The maximum atomic E-state index is 5.54. The van der Waals surface area contributed by atoms with E-state index in [2.05, 4.69) is 16.5 Å². The summed E-state index contributed by atoms with van der Waals surface area (Å²) in [6.07, 6.45) is 6.66. The minimum atomic E-state index is 0.628. The Hall–Kier alpha value is -0.830. The summed E-state index contributed by atoms with van der Waals surface area (Å²) in [5, 5.41) is 0. The maximum absolute atomic E-state index is 5.54. The van der Waals surface area contributed by atoms with Crippen LogP contribution in [0.4, 0.5) is 0 Å². The third-order valence-electron chi connectivity index (χ3n) is 2.87. The average molecular weight is 179 g/mol. The summed E-state index contributed by atoms with van der Waals surface area (Å²) in [5.74, 6) is 0. The molecule has 3 heteroatoms. The number of hydrogen-bond donors (Lipinski definition) is 1. The molecule has 1 aromatic heterocycles. The van der Waals surface area contributed by atoms with Crippen LogP contribution in [0.25, 0.3) is 0 Å². The summed E-state index contributed by atoms with van der Waals surface area (Å²) in [6.45, 7) is 2.97. The highest BCUT2D eigenvalue weighted by Gasteiger charge is 2.18. The minimum absolute atomic E-state index is 0.628. The van der Waals surface area contributed by atoms with Crippen LogP contribution in [0.5, 0.6) is 0 Å². The molecule has 0 saturated carbocycles. The van der Waals surface area contributed by atoms with Gasteiger partial charge in [-0.2, -0.15) is 0 Å². The molecule has 1 aromatic rings. The first-order valence-electron chi connectivity index (χ1n) is 5.07. The van der Waals surface area contributed by atoms with Gasteiger partial charge in [0.15, 0.2) is 0 Å². The molecule has 1 aliphatic heterocycles. The van der Waals surface area contributed by atoms with Gasteiger partial charge < -0.3 is 10.3 Å². The second-order valence-corrected chi connectivity index (χ2v) is 3.83. The largest absolute Gasteiger partial charge is 0.332 e. The number of imidazole rings is 1. The second-order valence-electron chi connectivity index (χ2n) is 3.83. The van der Waals surface area contributed by atoms with Gasteiger partial charge in [0, 0.05) is 18.2 Å². The van der Waals surface area contributed by atoms with E-state index in [1.807, 2.05) is 6.33 Å². The molecule has 13 heavy (non-hydrogen) atoms. The smallest absolute Gasteiger partial charge is 0.0954 e. The molecule has 1 unspecified atom stereocenters. The van der Waals surface area contributed by atoms with Crippen molar-refractivity contribution in [3.63, 3.8) is 0 Å². The van der Waals surface area contributed by atoms with E-state index >= 15 is 0 Å². The minimum Gasteiger partial charge on any atom is -0.332 e. The maximum Gasteiger partial charge on any atom is 0.0954 e. The molecule has 2 heterocycles. The second kappa shape index (κ2) is 3.50. The zero-order chi connectivity index (χ0) is 9.26. The number of fused-ring (bicyclic) bond motifs is 1. The van der Waals surface area contributed by atoms with E-state index in [4.69, 9.17) is 5.73 Å². The van der Waals surface area contributed by atoms with Crippen LogP contribution < -0.4 is 5.73 Å². The number of rotatable bonds is 2. The molecule has 0 amide bonds. The Bertz CT molecular complexity index is 290. The van der Waals surface area contributed by atoms with Gasteiger partial charge in [0.25, 0.3) is 0 Å². The van der Waals surface area contributed by atoms with Gasteiger partial charge in [-0.05, 0) is 32.7 Å². The van der Waals surface area contributed by atoms with Crippen molar-refractivity contribution in [3.05, 3.63) is 17.7 Å². The number of aromatic nitrogens is 2. The molecule has 0 saturated heterocycles. The zero-order valence-corrected chi connectivity index (χ0v) is 8.16. The monoisotopic (exact) mass is 179 g/mol. The lowest BCUT2D eigenvalue weighted by atomic mass is 10.0. The first-order chi connectivity index (χ1) is 6.33. The van der Waals surface area contributed by atoms with Crippen LogP contribution >= 0.6 is 0 Å². The number of hydrogen-bond acceptors (Lipinski definition) is 2. The van der Waals surface area contributed by atoms with Gasteiger partial charge in [-0.25, -0.2) is 4.98 Å². The van der Waals surface area contributed by atoms with E-state index in [0.717, 1.165) is 6.42 Å². The van der Waals surface area contributed by atoms with Gasteiger partial charge >= 0.3 is 0 Å². The van der Waals surface area contributed by atoms with Crippen LogP contribution in [-0.4, -0.2) is 16.1 Å². The molecule has 0 fully saturated rings. The molecule has 0 spiro atoms. The Kier molecular flexibility index (Phi) is 2.36. The van der Waals surface area contributed by atoms with Crippen LogP contribution in [0.15, 0.2) is 6.33 Å². The predicted molar refractivity (Wildman–Crippen MR) is 52.6 cm³/mol. The average Bonchev–Trinajstić information content (AvgIpc) is 2.51. The van der Waals surface area contributed by atoms with Gasteiger partial charge in [0.1, 0.15) is 0 Å². The summed E-state index contributed by atoms with van der Waals surface area (Å²) in [6, 6.07) is 0.628. The molecule has 1 aliphatic rings. The zero-order valence-electron chi connectivity index (χ0n) is 8.16. The van der Waals surface area contributed by atoms with E-state index in [1.165, 1.54) is 30.7 Å². The highest BCUT2D eigenvalue weighted by atomic mass is 15.1. The number of nitrogens with two attached hydrogens (primary N) is 1. The quantitative estimate of drug-likeness (QED) is 0.743. The van der Waals surface area contributed by atoms with Crippen LogP contribution in [0.3, 0.4) is 0 Å². The molecule has 0 bridgehead atoms. The van der Waals surface area contributed by atoms with Crippen LogP contribution in [-0.2, 0) is 12.8 Å². The Labute approximate surface area is 79.0 Å². The van der Waals surface area contributed by atoms with E-state index in [-0.39, 0.29) is 0 Å². The van der Waals surface area contributed by atoms with E-state index in [9.17, 15) is 0 Å². The van der Waals surface area contributed by atoms with Gasteiger partial charge in [0.2, 0.25) is 0 Å². The van der Waals surface area contributed by atoms with Crippen LogP contribution in [0.2, 0.25) is 0 Å². The standard InChI is InChI=1S/C10H17N3/c1-8-3-2-4-10-9(5-6-11)12-7-13(8)10/h7-8H,2-6,11H2,1H3. The molecule has 1 atom stereocenters. The van der Waals surface area contributed by atoms with Crippen molar-refractivity contribution < 1.29 is 0 Å². The molecule has 72 valence electrons. The van der Waals surface area contributed by atoms with Crippen molar-refractivity contribution >= 4 is 0 Å². The lowest BCUT2D eigenvalue weighted by Crippen LogP contribution is -2.15. The molecule has 0 aromatic carbocycles. The summed E-state index contributed by atoms with van der Waals surface area (Å²) in [7, 11) is 0. The van der Waals surface area contributed by atoms with Crippen LogP contribution in [0, 0.1) is 0 Å². The third kappa shape index (κ3) is 1.48. The highest BCUT2D eigenvalue weighted by molar-refractivity contribution is 5.16. The van der Waals surface area contributed by atoms with Gasteiger partial charge in [-0.15, -0.1) is 0 Å². The van der Waals surface area contributed by atoms with Crippen molar-refractivity contribution in [1.82, 2.24) is 9.55 Å². The third-order valence-corrected chi connectivity index (χ3v) is 2.87. The van der Waals surface area contributed by atoms with E-state index < -0.39 is 0 Å². The Morgan fingerprint density at radius 2 is 2.54 bits per heavy atom. The molecule has 3 nitrogen and oxygen atoms in total. The topological polar surface area (TPSA) is 43.8 Å². The summed E-state index contributed by atoms with van der Waals surface area (Å²) in [4.78, 5) is 4.42. The molecular formula is C10H17N3. The highest BCUT2D eigenvalue weighted by Crippen LogP contribution is 2.25. The van der Waals surface area contributed by atoms with Crippen molar-refractivity contribution in [3.8, 4) is 0 Å². The molecule has 2 N–H and O–H groups in total. The lowest BCUT2D eigenvalue weighted by molar-refractivity contribution is 0.430. The predicted octanol–water partition coefficient (Wildman–Crippen LogP) is 1.28. The molecule has 0 radical (unpaired) electrons. The van der Waals surface area contributed by atoms with E-state index in [0.29, 0.717) is 12.6 Å². The molecular weight excluding hydrogens is 162 g/mol. The first-order valence-corrected chi connectivity index (χ1v) is 5.07. The first kappa shape index (κ1) is 8.75. The number of nitrogens with zero attached hydrogens (tertiary/aromatic N) is 2. The van der Waals surface area contributed by atoms with Crippen molar-refractivity contribution in [2.45, 2.75) is 38.6 Å². The Morgan fingerprint density at radius 3 is 3.31 bits per heavy atom. The van der Waals surface area contributed by atoms with Crippen molar-refractivity contribution in [2.24, 2.45) is 5.73 Å². The van der Waals surface area contributed by atoms with Crippen LogP contribution in [0.1, 0.15) is 37.2 Å². The Morgan fingerprint density at radius 1 is 1.69 bits per heavy atom. The van der Waals surface area contributed by atoms with Gasteiger partial charge in [0.05, 0.1) is 12.0 Å². The van der Waals surface area contributed by atoms with Crippen molar-refractivity contribution in [1.29, 1.82) is 0 Å². The fraction of sp³-hybridized carbons (Fsp3) is 0.700. The normalized spacial score (nSPS) is 21.5. The van der Waals surface area contributed by atoms with E-state index in [1.54, 1.807) is 0 Å². The Balaban J connectivity index is 2.30. The summed E-state index contributed by atoms with van der Waals surface area (Å²) in [5.41, 5.74) is 8.18.